The molecule has 5 rings (SSSR count). The number of alkyl halides is 3. The molecule has 8 nitrogen and oxygen atoms in total. The van der Waals surface area contributed by atoms with Gasteiger partial charge in [-0.1, -0.05) is 0 Å². The molecule has 1 fully saturated rings. The summed E-state index contributed by atoms with van der Waals surface area (Å²) in [5.74, 6) is 1.23. The number of ether oxygens (including phenoxy) is 2. The number of fused-ring (bicyclic) bond motifs is 1. The zero-order valence-corrected chi connectivity index (χ0v) is 19.7. The lowest BCUT2D eigenvalue weighted by Crippen LogP contribution is -2.49. The minimum absolute atomic E-state index is 0.146. The molecule has 3 aromatic heterocycles. The van der Waals surface area contributed by atoms with Crippen LogP contribution in [0.25, 0.3) is 11.2 Å². The van der Waals surface area contributed by atoms with Crippen molar-refractivity contribution in [1.29, 1.82) is 0 Å². The maximum atomic E-state index is 13.7. The average Bonchev–Trinajstić information content (AvgIpc) is 3.31. The average molecular weight is 538 g/mol. The van der Waals surface area contributed by atoms with E-state index in [0.29, 0.717) is 31.1 Å². The number of hydrogen-bond acceptors (Lipinski definition) is 5. The van der Waals surface area contributed by atoms with E-state index in [-0.39, 0.29) is 9.99 Å². The Hall–Kier alpha value is -3.12. The monoisotopic (exact) mass is 537 g/mol. The van der Waals surface area contributed by atoms with E-state index in [1.165, 1.54) is 24.1 Å². The van der Waals surface area contributed by atoms with Crippen LogP contribution in [0, 0.1) is 0 Å². The number of rotatable bonds is 5. The zero-order chi connectivity index (χ0) is 24.3. The summed E-state index contributed by atoms with van der Waals surface area (Å²) in [7, 11) is 3.34. The molecule has 0 atom stereocenters. The summed E-state index contributed by atoms with van der Waals surface area (Å²) < 4.78 is 56.1. The van der Waals surface area contributed by atoms with Crippen molar-refractivity contribution < 1.29 is 22.6 Å². The number of pyridine rings is 1. The summed E-state index contributed by atoms with van der Waals surface area (Å²) in [4.78, 5) is 13.2. The fourth-order valence-electron chi connectivity index (χ4n) is 4.20. The van der Waals surface area contributed by atoms with Gasteiger partial charge in [0.05, 0.1) is 37.1 Å². The third-order valence-corrected chi connectivity index (χ3v) is 6.55. The number of aromatic nitrogens is 5. The lowest BCUT2D eigenvalue weighted by atomic mass is 9.75. The van der Waals surface area contributed by atoms with Gasteiger partial charge < -0.3 is 14.0 Å². The van der Waals surface area contributed by atoms with E-state index in [4.69, 9.17) is 9.47 Å². The number of halogens is 4. The first kappa shape index (κ1) is 22.7. The van der Waals surface area contributed by atoms with Crippen molar-refractivity contribution in [2.75, 3.05) is 20.3 Å². The normalized spacial score (nSPS) is 15.5. The van der Waals surface area contributed by atoms with Crippen LogP contribution in [0.1, 0.15) is 17.0 Å². The minimum Gasteiger partial charge on any atom is -0.497 e. The molecule has 1 saturated heterocycles. The molecule has 0 saturated carbocycles. The van der Waals surface area contributed by atoms with E-state index in [2.05, 4.69) is 26.1 Å². The van der Waals surface area contributed by atoms with Crippen LogP contribution in [0.3, 0.4) is 0 Å². The molecule has 178 valence electrons. The Morgan fingerprint density at radius 1 is 1.21 bits per heavy atom. The van der Waals surface area contributed by atoms with Crippen LogP contribution >= 0.6 is 15.9 Å². The van der Waals surface area contributed by atoms with Gasteiger partial charge >= 0.3 is 11.9 Å². The van der Waals surface area contributed by atoms with Gasteiger partial charge in [-0.3, -0.25) is 8.97 Å². The van der Waals surface area contributed by atoms with E-state index >= 15 is 0 Å². The molecule has 12 heteroatoms. The molecule has 1 aromatic carbocycles. The molecule has 0 aliphatic carbocycles. The Bertz CT molecular complexity index is 1450. The van der Waals surface area contributed by atoms with Crippen LogP contribution in [-0.2, 0) is 29.8 Å². The number of imidazole rings is 1. The zero-order valence-electron chi connectivity index (χ0n) is 18.1. The molecule has 0 amide bonds. The Balaban J connectivity index is 1.67. The Kier molecular flexibility index (Phi) is 5.32. The SMILES string of the molecule is COc1cc(-n2cc3c(C(F)(F)F)cc(Br)cn3c2=O)cc(C2(Cc3nncn3C)COC2)c1. The Labute approximate surface area is 199 Å². The van der Waals surface area contributed by atoms with Crippen molar-refractivity contribution in [2.45, 2.75) is 18.0 Å². The first-order valence-corrected chi connectivity index (χ1v) is 11.0. The van der Waals surface area contributed by atoms with E-state index in [0.717, 1.165) is 21.9 Å². The van der Waals surface area contributed by atoms with Crippen molar-refractivity contribution in [2.24, 2.45) is 7.05 Å². The maximum Gasteiger partial charge on any atom is 0.418 e. The molecule has 1 aliphatic heterocycles. The van der Waals surface area contributed by atoms with E-state index in [1.54, 1.807) is 18.5 Å². The smallest absolute Gasteiger partial charge is 0.418 e. The summed E-state index contributed by atoms with van der Waals surface area (Å²) in [6.45, 7) is 0.842. The van der Waals surface area contributed by atoms with E-state index in [9.17, 15) is 18.0 Å². The second kappa shape index (κ2) is 7.98. The number of hydrogen-bond donors (Lipinski definition) is 0. The first-order chi connectivity index (χ1) is 16.1. The van der Waals surface area contributed by atoms with Crippen molar-refractivity contribution in [1.82, 2.24) is 23.7 Å². The predicted molar refractivity (Wildman–Crippen MR) is 119 cm³/mol. The maximum absolute atomic E-state index is 13.7. The molecule has 4 aromatic rings. The van der Waals surface area contributed by atoms with Crippen LogP contribution in [0.15, 0.2) is 52.3 Å². The van der Waals surface area contributed by atoms with Gasteiger partial charge in [-0.15, -0.1) is 10.2 Å². The third kappa shape index (κ3) is 3.70. The molecule has 0 radical (unpaired) electrons. The second-order valence-electron chi connectivity index (χ2n) is 8.33. The van der Waals surface area contributed by atoms with Gasteiger partial charge in [-0.05, 0) is 39.7 Å². The van der Waals surface area contributed by atoms with Crippen molar-refractivity contribution in [3.05, 3.63) is 74.9 Å². The van der Waals surface area contributed by atoms with Crippen molar-refractivity contribution in [3.63, 3.8) is 0 Å². The molecule has 0 N–H and O–H groups in total. The summed E-state index contributed by atoms with van der Waals surface area (Å²) in [6.07, 6.45) is 0.0371. The number of aryl methyl sites for hydroxylation is 1. The summed E-state index contributed by atoms with van der Waals surface area (Å²) >= 11 is 3.07. The van der Waals surface area contributed by atoms with E-state index in [1.807, 2.05) is 17.7 Å². The van der Waals surface area contributed by atoms with Crippen molar-refractivity contribution in [3.8, 4) is 11.4 Å². The molecule has 1 aliphatic rings. The van der Waals surface area contributed by atoms with Gasteiger partial charge in [0.1, 0.15) is 17.9 Å². The molecule has 0 bridgehead atoms. The van der Waals surface area contributed by atoms with E-state index < -0.39 is 22.8 Å². The van der Waals surface area contributed by atoms with Crippen LogP contribution < -0.4 is 10.4 Å². The van der Waals surface area contributed by atoms with Crippen LogP contribution in [0.4, 0.5) is 13.2 Å². The highest BCUT2D eigenvalue weighted by Crippen LogP contribution is 2.39. The second-order valence-corrected chi connectivity index (χ2v) is 9.25. The van der Waals surface area contributed by atoms with Crippen molar-refractivity contribution >= 4 is 21.4 Å². The van der Waals surface area contributed by atoms with Gasteiger partial charge in [0.2, 0.25) is 0 Å². The molecule has 4 heterocycles. The minimum atomic E-state index is -4.63. The highest BCUT2D eigenvalue weighted by molar-refractivity contribution is 9.10. The molecule has 34 heavy (non-hydrogen) atoms. The third-order valence-electron chi connectivity index (χ3n) is 6.11. The lowest BCUT2D eigenvalue weighted by Gasteiger charge is -2.42. The highest BCUT2D eigenvalue weighted by Gasteiger charge is 2.42. The summed E-state index contributed by atoms with van der Waals surface area (Å²) in [5.41, 5.74) is -1.01. The topological polar surface area (TPSA) is 75.6 Å². The Morgan fingerprint density at radius 3 is 2.56 bits per heavy atom. The standard InChI is InChI=1S/C22H19BrF3N5O3/c1-29-12-27-28-19(29)7-21(10-34-11-21)13-3-15(6-16(4-13)33-2)30-9-18-17(22(24,25)26)5-14(23)8-31(18)20(30)32/h3-6,8-9,12H,7,10-11H2,1-2H3. The molecular formula is C22H19BrF3N5O3. The van der Waals surface area contributed by atoms with Crippen LogP contribution in [0.5, 0.6) is 5.75 Å². The number of benzene rings is 1. The number of nitrogens with zero attached hydrogens (tertiary/aromatic N) is 5. The quantitative estimate of drug-likeness (QED) is 0.389. The highest BCUT2D eigenvalue weighted by atomic mass is 79.9. The molecule has 0 spiro atoms. The van der Waals surface area contributed by atoms with Gasteiger partial charge in [-0.2, -0.15) is 13.2 Å². The molecular weight excluding hydrogens is 519 g/mol. The first-order valence-electron chi connectivity index (χ1n) is 10.2. The fourth-order valence-corrected chi connectivity index (χ4v) is 4.64. The van der Waals surface area contributed by atoms with Crippen LogP contribution in [-0.4, -0.2) is 44.1 Å². The van der Waals surface area contributed by atoms with Crippen LogP contribution in [0.2, 0.25) is 0 Å². The Morgan fingerprint density at radius 2 is 1.97 bits per heavy atom. The van der Waals surface area contributed by atoms with Gasteiger partial charge in [0, 0.05) is 41.8 Å². The fraction of sp³-hybridized carbons (Fsp3) is 0.318. The molecule has 0 unspecified atom stereocenters. The van der Waals surface area contributed by atoms with Gasteiger partial charge in [0.25, 0.3) is 0 Å². The largest absolute Gasteiger partial charge is 0.497 e. The predicted octanol–water partition coefficient (Wildman–Crippen LogP) is 3.52. The lowest BCUT2D eigenvalue weighted by molar-refractivity contribution is -0.136. The van der Waals surface area contributed by atoms with Gasteiger partial charge in [-0.25, -0.2) is 4.79 Å². The summed E-state index contributed by atoms with van der Waals surface area (Å²) in [6, 6.07) is 6.20. The summed E-state index contributed by atoms with van der Waals surface area (Å²) in [5, 5.41) is 8.10. The van der Waals surface area contributed by atoms with Gasteiger partial charge in [0.15, 0.2) is 0 Å². The number of methoxy groups -OCH3 is 1.